The Labute approximate surface area is 128 Å². The summed E-state index contributed by atoms with van der Waals surface area (Å²) in [6, 6.07) is 1.56. The molecule has 2 amide bonds. The average Bonchev–Trinajstić information content (AvgIpc) is 3.18. The molecule has 1 aliphatic heterocycles. The normalized spacial score (nSPS) is 19.4. The molecule has 0 saturated carbocycles. The van der Waals surface area contributed by atoms with Gasteiger partial charge in [0.15, 0.2) is 5.82 Å². The van der Waals surface area contributed by atoms with Gasteiger partial charge in [0.25, 0.3) is 0 Å². The first kappa shape index (κ1) is 14.6. The smallest absolute Gasteiger partial charge is 0.323 e. The molecule has 0 unspecified atom stereocenters. The third-order valence-electron chi connectivity index (χ3n) is 4.01. The Kier molecular flexibility index (Phi) is 4.10. The van der Waals surface area contributed by atoms with E-state index in [1.54, 1.807) is 17.2 Å². The first-order chi connectivity index (χ1) is 10.7. The summed E-state index contributed by atoms with van der Waals surface area (Å²) in [7, 11) is 1.98. The Balaban J connectivity index is 1.73. The largest absolute Gasteiger partial charge is 0.363 e. The number of hydrogen-bond donors (Lipinski definition) is 1. The summed E-state index contributed by atoms with van der Waals surface area (Å²) >= 11 is 0. The number of imidazole rings is 1. The summed E-state index contributed by atoms with van der Waals surface area (Å²) in [6.45, 7) is 5.15. The van der Waals surface area contributed by atoms with Crippen LogP contribution in [0.25, 0.3) is 0 Å². The Morgan fingerprint density at radius 3 is 3.00 bits per heavy atom. The zero-order chi connectivity index (χ0) is 15.5. The minimum absolute atomic E-state index is 0.0989. The van der Waals surface area contributed by atoms with Crippen molar-refractivity contribution < 1.29 is 9.32 Å². The van der Waals surface area contributed by atoms with Crippen molar-refractivity contribution >= 4 is 11.8 Å². The number of carbonyl (C=O) groups is 1. The van der Waals surface area contributed by atoms with Crippen LogP contribution in [0, 0.1) is 0 Å². The Hall–Kier alpha value is -2.35. The molecule has 0 bridgehead atoms. The summed E-state index contributed by atoms with van der Waals surface area (Å²) in [5.41, 5.74) is 0. The van der Waals surface area contributed by atoms with Crippen LogP contribution >= 0.6 is 0 Å². The van der Waals surface area contributed by atoms with E-state index in [1.807, 2.05) is 17.8 Å². The topological polar surface area (TPSA) is 79.4 Å². The Morgan fingerprint density at radius 1 is 1.50 bits per heavy atom. The fourth-order valence-corrected chi connectivity index (χ4v) is 2.79. The number of urea groups is 1. The first-order valence-corrected chi connectivity index (χ1v) is 7.36. The van der Waals surface area contributed by atoms with E-state index in [-0.39, 0.29) is 12.1 Å². The molecule has 0 aromatic carbocycles. The molecule has 22 heavy (non-hydrogen) atoms. The second-order valence-corrected chi connectivity index (χ2v) is 5.30. The van der Waals surface area contributed by atoms with Gasteiger partial charge >= 0.3 is 6.03 Å². The number of aromatic nitrogens is 3. The molecular weight excluding hydrogens is 284 g/mol. The van der Waals surface area contributed by atoms with Crippen molar-refractivity contribution in [1.82, 2.24) is 24.5 Å². The molecule has 8 heteroatoms. The molecule has 0 radical (unpaired) electrons. The number of rotatable bonds is 3. The van der Waals surface area contributed by atoms with Crippen LogP contribution in [0.1, 0.15) is 18.8 Å². The molecule has 3 heterocycles. The van der Waals surface area contributed by atoms with Gasteiger partial charge in [-0.25, -0.2) is 9.78 Å². The van der Waals surface area contributed by atoms with E-state index >= 15 is 0 Å². The molecule has 2 aromatic rings. The van der Waals surface area contributed by atoms with Gasteiger partial charge < -0.3 is 14.0 Å². The van der Waals surface area contributed by atoms with Crippen LogP contribution in [-0.2, 0) is 7.05 Å². The quantitative estimate of drug-likeness (QED) is 0.925. The molecule has 1 N–H and O–H groups in total. The fourth-order valence-electron chi connectivity index (χ4n) is 2.79. The molecule has 3 rings (SSSR count). The maximum absolute atomic E-state index is 12.3. The van der Waals surface area contributed by atoms with E-state index in [1.165, 1.54) is 6.26 Å². The second-order valence-electron chi connectivity index (χ2n) is 5.30. The molecule has 1 saturated heterocycles. The molecule has 2 aromatic heterocycles. The van der Waals surface area contributed by atoms with Crippen LogP contribution in [0.15, 0.2) is 29.2 Å². The van der Waals surface area contributed by atoms with Gasteiger partial charge in [0.1, 0.15) is 12.1 Å². The molecule has 1 atom stereocenters. The summed E-state index contributed by atoms with van der Waals surface area (Å²) in [5.74, 6) is 1.40. The van der Waals surface area contributed by atoms with Gasteiger partial charge in [-0.3, -0.25) is 10.2 Å². The highest BCUT2D eigenvalue weighted by molar-refractivity contribution is 5.88. The van der Waals surface area contributed by atoms with Crippen molar-refractivity contribution in [3.63, 3.8) is 0 Å². The Morgan fingerprint density at radius 2 is 2.36 bits per heavy atom. The van der Waals surface area contributed by atoms with Gasteiger partial charge in [-0.2, -0.15) is 0 Å². The lowest BCUT2D eigenvalue weighted by Crippen LogP contribution is -2.52. The van der Waals surface area contributed by atoms with Crippen LogP contribution < -0.4 is 5.32 Å². The predicted molar refractivity (Wildman–Crippen MR) is 80.3 cm³/mol. The Bertz CT molecular complexity index is 623. The zero-order valence-electron chi connectivity index (χ0n) is 12.8. The van der Waals surface area contributed by atoms with Gasteiger partial charge in [0.2, 0.25) is 0 Å². The monoisotopic (exact) mass is 304 g/mol. The zero-order valence-corrected chi connectivity index (χ0v) is 12.8. The summed E-state index contributed by atoms with van der Waals surface area (Å²) in [4.78, 5) is 20.9. The summed E-state index contributed by atoms with van der Waals surface area (Å²) in [5, 5.41) is 6.45. The average molecular weight is 304 g/mol. The van der Waals surface area contributed by atoms with Gasteiger partial charge in [-0.15, -0.1) is 0 Å². The maximum Gasteiger partial charge on any atom is 0.323 e. The van der Waals surface area contributed by atoms with Gasteiger partial charge in [0, 0.05) is 45.1 Å². The number of amides is 2. The highest BCUT2D eigenvalue weighted by atomic mass is 16.5. The first-order valence-electron chi connectivity index (χ1n) is 7.36. The fraction of sp³-hybridized carbons (Fsp3) is 0.500. The van der Waals surface area contributed by atoms with Gasteiger partial charge in [-0.1, -0.05) is 12.1 Å². The van der Waals surface area contributed by atoms with E-state index in [0.717, 1.165) is 18.9 Å². The number of aryl methyl sites for hydroxylation is 1. The van der Waals surface area contributed by atoms with Crippen LogP contribution in [0.5, 0.6) is 0 Å². The third kappa shape index (κ3) is 2.82. The van der Waals surface area contributed by atoms with Crippen molar-refractivity contribution in [2.75, 3.05) is 31.5 Å². The lowest BCUT2D eigenvalue weighted by molar-refractivity contribution is 0.0926. The van der Waals surface area contributed by atoms with Crippen LogP contribution in [-0.4, -0.2) is 56.7 Å². The standard InChI is InChI=1S/C14H20N6O2/c1-3-19-7-8-20(14(21)16-12-4-9-22-17-12)10-11(19)13-15-5-6-18(13)2/h4-6,9,11H,3,7-8,10H2,1-2H3,(H,16,17,21)/t11-/m1/s1. The minimum atomic E-state index is -0.163. The maximum atomic E-state index is 12.3. The highest BCUT2D eigenvalue weighted by Gasteiger charge is 2.32. The highest BCUT2D eigenvalue weighted by Crippen LogP contribution is 2.24. The van der Waals surface area contributed by atoms with Crippen molar-refractivity contribution in [3.05, 3.63) is 30.5 Å². The molecule has 8 nitrogen and oxygen atoms in total. The summed E-state index contributed by atoms with van der Waals surface area (Å²) in [6.07, 6.45) is 5.15. The van der Waals surface area contributed by atoms with Crippen molar-refractivity contribution in [1.29, 1.82) is 0 Å². The number of likely N-dealkylation sites (N-methyl/N-ethyl adjacent to an activating group) is 1. The van der Waals surface area contributed by atoms with E-state index < -0.39 is 0 Å². The number of carbonyl (C=O) groups excluding carboxylic acids is 1. The molecule has 1 fully saturated rings. The summed E-state index contributed by atoms with van der Waals surface area (Å²) < 4.78 is 6.73. The lowest BCUT2D eigenvalue weighted by Gasteiger charge is -2.40. The molecule has 0 spiro atoms. The minimum Gasteiger partial charge on any atom is -0.363 e. The third-order valence-corrected chi connectivity index (χ3v) is 4.01. The van der Waals surface area contributed by atoms with Gasteiger partial charge in [-0.05, 0) is 6.54 Å². The van der Waals surface area contributed by atoms with Crippen molar-refractivity contribution in [2.45, 2.75) is 13.0 Å². The van der Waals surface area contributed by atoms with E-state index in [2.05, 4.69) is 27.3 Å². The molecular formula is C14H20N6O2. The second kappa shape index (κ2) is 6.18. The van der Waals surface area contributed by atoms with Gasteiger partial charge in [0.05, 0.1) is 6.04 Å². The number of hydrogen-bond acceptors (Lipinski definition) is 5. The van der Waals surface area contributed by atoms with Crippen molar-refractivity contribution in [2.24, 2.45) is 7.05 Å². The van der Waals surface area contributed by atoms with Crippen LogP contribution in [0.2, 0.25) is 0 Å². The molecule has 118 valence electrons. The SMILES string of the molecule is CCN1CCN(C(=O)Nc2ccon2)C[C@@H]1c1nccn1C. The van der Waals surface area contributed by atoms with Crippen LogP contribution in [0.4, 0.5) is 10.6 Å². The van der Waals surface area contributed by atoms with E-state index in [0.29, 0.717) is 18.9 Å². The number of anilines is 1. The van der Waals surface area contributed by atoms with Crippen molar-refractivity contribution in [3.8, 4) is 0 Å². The van der Waals surface area contributed by atoms with Crippen LogP contribution in [0.3, 0.4) is 0 Å². The molecule has 0 aliphatic carbocycles. The van der Waals surface area contributed by atoms with E-state index in [4.69, 9.17) is 4.52 Å². The number of nitrogens with zero attached hydrogens (tertiary/aromatic N) is 5. The predicted octanol–water partition coefficient (Wildman–Crippen LogP) is 1.32. The molecule has 1 aliphatic rings. The lowest BCUT2D eigenvalue weighted by atomic mass is 10.1. The number of nitrogens with one attached hydrogen (secondary N) is 1. The van der Waals surface area contributed by atoms with E-state index in [9.17, 15) is 4.79 Å². The number of piperazine rings is 1.